The van der Waals surface area contributed by atoms with Crippen molar-refractivity contribution in [2.45, 2.75) is 22.3 Å². The first-order valence-corrected chi connectivity index (χ1v) is 8.11. The standard InChI is InChI=1S/C15H14N2O4S/c16-13-9-10-8-12(6-7-14(10)17(19)15(13)18)22(20,21)11-4-2-1-3-5-11/h1-8,13,19H,9,16H2/t13-/m0/s1. The van der Waals surface area contributed by atoms with E-state index in [1.807, 2.05) is 0 Å². The minimum Gasteiger partial charge on any atom is -0.320 e. The number of fused-ring (bicyclic) bond motifs is 1. The lowest BCUT2D eigenvalue weighted by atomic mass is 9.99. The van der Waals surface area contributed by atoms with Crippen molar-refractivity contribution in [3.05, 3.63) is 54.1 Å². The summed E-state index contributed by atoms with van der Waals surface area (Å²) < 4.78 is 25.1. The third kappa shape index (κ3) is 2.29. The Morgan fingerprint density at radius 1 is 1.09 bits per heavy atom. The van der Waals surface area contributed by atoms with Crippen molar-refractivity contribution in [2.24, 2.45) is 5.73 Å². The van der Waals surface area contributed by atoms with Crippen LogP contribution in [0.2, 0.25) is 0 Å². The Morgan fingerprint density at radius 2 is 1.77 bits per heavy atom. The number of nitrogens with two attached hydrogens (primary N) is 1. The van der Waals surface area contributed by atoms with Gasteiger partial charge in [-0.15, -0.1) is 0 Å². The Kier molecular flexibility index (Phi) is 3.48. The topological polar surface area (TPSA) is 101 Å². The van der Waals surface area contributed by atoms with Crippen LogP contribution in [-0.2, 0) is 21.1 Å². The Balaban J connectivity index is 2.09. The van der Waals surface area contributed by atoms with Gasteiger partial charge in [-0.2, -0.15) is 5.06 Å². The number of carbonyl (C=O) groups is 1. The monoisotopic (exact) mass is 318 g/mol. The average molecular weight is 318 g/mol. The number of anilines is 1. The van der Waals surface area contributed by atoms with E-state index < -0.39 is 21.8 Å². The summed E-state index contributed by atoms with van der Waals surface area (Å²) in [5, 5.41) is 10.2. The molecule has 0 bridgehead atoms. The van der Waals surface area contributed by atoms with Crippen molar-refractivity contribution in [1.82, 2.24) is 0 Å². The molecule has 3 rings (SSSR count). The van der Waals surface area contributed by atoms with Crippen LogP contribution in [0.4, 0.5) is 5.69 Å². The van der Waals surface area contributed by atoms with Crippen LogP contribution in [0.1, 0.15) is 5.56 Å². The van der Waals surface area contributed by atoms with Gasteiger partial charge in [0.1, 0.15) is 0 Å². The average Bonchev–Trinajstić information content (AvgIpc) is 2.53. The molecule has 0 radical (unpaired) electrons. The first kappa shape index (κ1) is 14.7. The molecule has 1 amide bonds. The summed E-state index contributed by atoms with van der Waals surface area (Å²) >= 11 is 0. The van der Waals surface area contributed by atoms with Crippen molar-refractivity contribution in [1.29, 1.82) is 0 Å². The molecule has 1 heterocycles. The molecule has 1 aliphatic heterocycles. The fourth-order valence-corrected chi connectivity index (χ4v) is 3.77. The Labute approximate surface area is 127 Å². The van der Waals surface area contributed by atoms with Gasteiger partial charge >= 0.3 is 0 Å². The smallest absolute Gasteiger partial charge is 0.267 e. The number of amides is 1. The molecule has 3 N–H and O–H groups in total. The minimum atomic E-state index is -3.65. The third-order valence-corrected chi connectivity index (χ3v) is 5.38. The number of benzene rings is 2. The van der Waals surface area contributed by atoms with Crippen molar-refractivity contribution >= 4 is 21.4 Å². The Bertz CT molecular complexity index is 834. The van der Waals surface area contributed by atoms with Gasteiger partial charge in [-0.05, 0) is 42.3 Å². The van der Waals surface area contributed by atoms with Gasteiger partial charge in [-0.3, -0.25) is 10.0 Å². The predicted molar refractivity (Wildman–Crippen MR) is 79.3 cm³/mol. The second-order valence-electron chi connectivity index (χ2n) is 5.07. The fourth-order valence-electron chi connectivity index (χ4n) is 2.43. The van der Waals surface area contributed by atoms with E-state index in [4.69, 9.17) is 5.73 Å². The zero-order valence-electron chi connectivity index (χ0n) is 11.5. The summed E-state index contributed by atoms with van der Waals surface area (Å²) in [6, 6.07) is 11.4. The number of carbonyl (C=O) groups excluding carboxylic acids is 1. The molecule has 0 fully saturated rings. The summed E-state index contributed by atoms with van der Waals surface area (Å²) in [7, 11) is -3.65. The summed E-state index contributed by atoms with van der Waals surface area (Å²) in [4.78, 5) is 11.9. The highest BCUT2D eigenvalue weighted by atomic mass is 32.2. The highest BCUT2D eigenvalue weighted by Crippen LogP contribution is 2.30. The van der Waals surface area contributed by atoms with Crippen LogP contribution in [0.3, 0.4) is 0 Å². The number of sulfone groups is 1. The van der Waals surface area contributed by atoms with Gasteiger partial charge in [0.05, 0.1) is 21.5 Å². The van der Waals surface area contributed by atoms with Crippen LogP contribution in [0.25, 0.3) is 0 Å². The second kappa shape index (κ2) is 5.20. The molecule has 2 aromatic rings. The first-order valence-electron chi connectivity index (χ1n) is 6.63. The van der Waals surface area contributed by atoms with Gasteiger partial charge in [-0.1, -0.05) is 18.2 Å². The van der Waals surface area contributed by atoms with E-state index in [1.165, 1.54) is 30.3 Å². The molecule has 0 saturated heterocycles. The molecule has 0 spiro atoms. The quantitative estimate of drug-likeness (QED) is 0.808. The molecule has 1 atom stereocenters. The van der Waals surface area contributed by atoms with Crippen molar-refractivity contribution in [2.75, 3.05) is 5.06 Å². The predicted octanol–water partition coefficient (Wildman–Crippen LogP) is 1.12. The maximum atomic E-state index is 12.6. The van der Waals surface area contributed by atoms with E-state index in [-0.39, 0.29) is 21.9 Å². The molecule has 7 heteroatoms. The first-order chi connectivity index (χ1) is 10.4. The van der Waals surface area contributed by atoms with Gasteiger partial charge in [0, 0.05) is 0 Å². The molecule has 22 heavy (non-hydrogen) atoms. The Hall–Kier alpha value is -2.22. The Morgan fingerprint density at radius 3 is 2.45 bits per heavy atom. The SMILES string of the molecule is N[C@H]1Cc2cc(S(=O)(=O)c3ccccc3)ccc2N(O)C1=O. The van der Waals surface area contributed by atoms with Gasteiger partial charge in [0.15, 0.2) is 0 Å². The number of hydroxylamine groups is 1. The molecule has 114 valence electrons. The van der Waals surface area contributed by atoms with Crippen LogP contribution in [0, 0.1) is 0 Å². The molecule has 6 nitrogen and oxygen atoms in total. The molecule has 0 saturated carbocycles. The van der Waals surface area contributed by atoms with E-state index in [0.29, 0.717) is 10.6 Å². The van der Waals surface area contributed by atoms with Crippen LogP contribution >= 0.6 is 0 Å². The van der Waals surface area contributed by atoms with Gasteiger partial charge in [0.2, 0.25) is 9.84 Å². The third-order valence-electron chi connectivity index (χ3n) is 3.61. The van der Waals surface area contributed by atoms with Crippen molar-refractivity contribution in [3.63, 3.8) is 0 Å². The van der Waals surface area contributed by atoms with E-state index in [2.05, 4.69) is 0 Å². The highest BCUT2D eigenvalue weighted by molar-refractivity contribution is 7.91. The lowest BCUT2D eigenvalue weighted by molar-refractivity contribution is -0.125. The molecular formula is C15H14N2O4S. The molecule has 0 aromatic heterocycles. The zero-order valence-corrected chi connectivity index (χ0v) is 12.3. The molecular weight excluding hydrogens is 304 g/mol. The largest absolute Gasteiger partial charge is 0.320 e. The maximum Gasteiger partial charge on any atom is 0.267 e. The van der Waals surface area contributed by atoms with E-state index in [1.54, 1.807) is 18.2 Å². The number of nitrogens with zero attached hydrogens (tertiary/aromatic N) is 1. The summed E-state index contributed by atoms with van der Waals surface area (Å²) in [6.45, 7) is 0. The van der Waals surface area contributed by atoms with E-state index >= 15 is 0 Å². The molecule has 0 aliphatic carbocycles. The van der Waals surface area contributed by atoms with Crippen LogP contribution in [-0.4, -0.2) is 25.6 Å². The van der Waals surface area contributed by atoms with Crippen LogP contribution in [0.15, 0.2) is 58.3 Å². The van der Waals surface area contributed by atoms with Gasteiger partial charge in [-0.25, -0.2) is 8.42 Å². The highest BCUT2D eigenvalue weighted by Gasteiger charge is 2.31. The minimum absolute atomic E-state index is 0.104. The number of hydrogen-bond acceptors (Lipinski definition) is 5. The summed E-state index contributed by atoms with van der Waals surface area (Å²) in [5.74, 6) is -0.605. The maximum absolute atomic E-state index is 12.6. The lowest BCUT2D eigenvalue weighted by Gasteiger charge is -2.27. The zero-order chi connectivity index (χ0) is 15.9. The molecule has 1 aliphatic rings. The molecule has 0 unspecified atom stereocenters. The number of rotatable bonds is 2. The summed E-state index contributed by atoms with van der Waals surface area (Å²) in [5.41, 5.74) is 6.44. The second-order valence-corrected chi connectivity index (χ2v) is 7.02. The summed E-state index contributed by atoms with van der Waals surface area (Å²) in [6.07, 6.45) is 0.184. The van der Waals surface area contributed by atoms with Crippen LogP contribution < -0.4 is 10.8 Å². The van der Waals surface area contributed by atoms with Crippen molar-refractivity contribution in [3.8, 4) is 0 Å². The molecule has 2 aromatic carbocycles. The fraction of sp³-hybridized carbons (Fsp3) is 0.133. The van der Waals surface area contributed by atoms with E-state index in [0.717, 1.165) is 0 Å². The van der Waals surface area contributed by atoms with E-state index in [9.17, 15) is 18.4 Å². The normalized spacial score (nSPS) is 18.2. The van der Waals surface area contributed by atoms with Gasteiger partial charge < -0.3 is 5.73 Å². The van der Waals surface area contributed by atoms with Crippen LogP contribution in [0.5, 0.6) is 0 Å². The number of hydrogen-bond donors (Lipinski definition) is 2. The van der Waals surface area contributed by atoms with Gasteiger partial charge in [0.25, 0.3) is 5.91 Å². The lowest BCUT2D eigenvalue weighted by Crippen LogP contribution is -2.47. The van der Waals surface area contributed by atoms with Crippen molar-refractivity contribution < 1.29 is 18.4 Å².